The van der Waals surface area contributed by atoms with Gasteiger partial charge in [0.25, 0.3) is 0 Å². The fraction of sp³-hybridized carbons (Fsp3) is 0.600. The summed E-state index contributed by atoms with van der Waals surface area (Å²) < 4.78 is 0. The lowest BCUT2D eigenvalue weighted by molar-refractivity contribution is -0.117. The van der Waals surface area contributed by atoms with Crippen molar-refractivity contribution < 1.29 is 4.79 Å². The summed E-state index contributed by atoms with van der Waals surface area (Å²) in [5.74, 6) is 0.599. The number of nitrogens with one attached hydrogen (secondary N) is 2. The summed E-state index contributed by atoms with van der Waals surface area (Å²) in [5, 5.41) is 16.0. The third-order valence-electron chi connectivity index (χ3n) is 3.98. The number of anilines is 1. The smallest absolute Gasteiger partial charge is 0.239 e. The SMILES string of the molecule is CNCC1CCN(CC(=O)Nc2sc(C)c(C)c2C#N)C1. The van der Waals surface area contributed by atoms with Crippen molar-refractivity contribution in [2.75, 3.05) is 38.5 Å². The van der Waals surface area contributed by atoms with Gasteiger partial charge in [0.2, 0.25) is 5.91 Å². The Morgan fingerprint density at radius 3 is 2.95 bits per heavy atom. The van der Waals surface area contributed by atoms with Crippen LogP contribution in [-0.4, -0.2) is 44.0 Å². The van der Waals surface area contributed by atoms with E-state index >= 15 is 0 Å². The topological polar surface area (TPSA) is 68.2 Å². The minimum Gasteiger partial charge on any atom is -0.319 e. The first-order chi connectivity index (χ1) is 10.0. The molecule has 0 saturated carbocycles. The highest BCUT2D eigenvalue weighted by molar-refractivity contribution is 7.16. The minimum absolute atomic E-state index is 0.0298. The van der Waals surface area contributed by atoms with Crippen LogP contribution in [0.2, 0.25) is 0 Å². The van der Waals surface area contributed by atoms with E-state index in [2.05, 4.69) is 21.6 Å². The molecule has 1 aliphatic rings. The van der Waals surface area contributed by atoms with E-state index in [1.165, 1.54) is 11.3 Å². The van der Waals surface area contributed by atoms with Crippen molar-refractivity contribution in [3.8, 4) is 6.07 Å². The second-order valence-corrected chi connectivity index (χ2v) is 6.82. The number of nitrogens with zero attached hydrogens (tertiary/aromatic N) is 2. The molecule has 1 aromatic heterocycles. The molecule has 2 rings (SSSR count). The maximum Gasteiger partial charge on any atom is 0.239 e. The zero-order valence-corrected chi connectivity index (χ0v) is 13.6. The van der Waals surface area contributed by atoms with E-state index in [1.807, 2.05) is 20.9 Å². The van der Waals surface area contributed by atoms with Gasteiger partial charge in [-0.1, -0.05) is 0 Å². The van der Waals surface area contributed by atoms with Crippen molar-refractivity contribution in [2.24, 2.45) is 5.92 Å². The molecule has 0 aliphatic carbocycles. The summed E-state index contributed by atoms with van der Waals surface area (Å²) in [7, 11) is 1.96. The molecule has 1 aliphatic heterocycles. The number of aryl methyl sites for hydroxylation is 1. The van der Waals surface area contributed by atoms with Gasteiger partial charge in [-0.2, -0.15) is 5.26 Å². The van der Waals surface area contributed by atoms with Gasteiger partial charge in [-0.25, -0.2) is 0 Å². The number of hydrogen-bond donors (Lipinski definition) is 2. The van der Waals surface area contributed by atoms with Gasteiger partial charge in [-0.3, -0.25) is 9.69 Å². The number of likely N-dealkylation sites (tertiary alicyclic amines) is 1. The van der Waals surface area contributed by atoms with Crippen LogP contribution in [0.5, 0.6) is 0 Å². The zero-order chi connectivity index (χ0) is 15.4. The predicted octanol–water partition coefficient (Wildman–Crippen LogP) is 1.72. The van der Waals surface area contributed by atoms with Crippen molar-refractivity contribution in [3.05, 3.63) is 16.0 Å². The highest BCUT2D eigenvalue weighted by Gasteiger charge is 2.24. The lowest BCUT2D eigenvalue weighted by Gasteiger charge is -2.15. The first-order valence-corrected chi connectivity index (χ1v) is 8.03. The fourth-order valence-electron chi connectivity index (χ4n) is 2.73. The van der Waals surface area contributed by atoms with Gasteiger partial charge >= 0.3 is 0 Å². The molecule has 1 fully saturated rings. The average Bonchev–Trinajstić information content (AvgIpc) is 2.96. The van der Waals surface area contributed by atoms with Crippen LogP contribution in [0.3, 0.4) is 0 Å². The van der Waals surface area contributed by atoms with E-state index in [9.17, 15) is 10.1 Å². The minimum atomic E-state index is -0.0298. The molecule has 0 aromatic carbocycles. The first kappa shape index (κ1) is 16.0. The van der Waals surface area contributed by atoms with Crippen LogP contribution in [0.4, 0.5) is 5.00 Å². The van der Waals surface area contributed by atoms with Gasteiger partial charge in [-0.05, 0) is 51.9 Å². The number of nitriles is 1. The van der Waals surface area contributed by atoms with Crippen LogP contribution in [0.25, 0.3) is 0 Å². The molecule has 0 radical (unpaired) electrons. The Morgan fingerprint density at radius 1 is 1.52 bits per heavy atom. The molecule has 21 heavy (non-hydrogen) atoms. The summed E-state index contributed by atoms with van der Waals surface area (Å²) in [6.07, 6.45) is 1.13. The Morgan fingerprint density at radius 2 is 2.29 bits per heavy atom. The molecular formula is C15H22N4OS. The maximum atomic E-state index is 12.2. The standard InChI is InChI=1S/C15H22N4OS/c1-10-11(2)21-15(13(10)6-16)18-14(20)9-19-5-4-12(8-19)7-17-3/h12,17H,4-5,7-9H2,1-3H3,(H,18,20). The molecule has 1 atom stereocenters. The van der Waals surface area contributed by atoms with Crippen LogP contribution in [0.1, 0.15) is 22.4 Å². The van der Waals surface area contributed by atoms with Crippen molar-refractivity contribution in [1.82, 2.24) is 10.2 Å². The first-order valence-electron chi connectivity index (χ1n) is 7.22. The lowest BCUT2D eigenvalue weighted by Crippen LogP contribution is -2.32. The van der Waals surface area contributed by atoms with E-state index in [0.29, 0.717) is 23.0 Å². The van der Waals surface area contributed by atoms with Gasteiger partial charge in [-0.15, -0.1) is 11.3 Å². The number of carbonyl (C=O) groups is 1. The van der Waals surface area contributed by atoms with Crippen molar-refractivity contribution in [2.45, 2.75) is 20.3 Å². The number of amides is 1. The van der Waals surface area contributed by atoms with Crippen molar-refractivity contribution in [3.63, 3.8) is 0 Å². The summed E-state index contributed by atoms with van der Waals surface area (Å²) in [5.41, 5.74) is 1.56. The molecule has 2 N–H and O–H groups in total. The fourth-order valence-corrected chi connectivity index (χ4v) is 3.76. The number of thiophene rings is 1. The Bertz CT molecular complexity index is 561. The molecule has 1 aromatic rings. The molecule has 0 bridgehead atoms. The lowest BCUT2D eigenvalue weighted by atomic mass is 10.1. The predicted molar refractivity (Wildman–Crippen MR) is 85.6 cm³/mol. The largest absolute Gasteiger partial charge is 0.319 e. The van der Waals surface area contributed by atoms with Gasteiger partial charge in [0.1, 0.15) is 11.1 Å². The van der Waals surface area contributed by atoms with Gasteiger partial charge in [0.05, 0.1) is 12.1 Å². The third-order valence-corrected chi connectivity index (χ3v) is 5.10. The van der Waals surface area contributed by atoms with Crippen LogP contribution in [-0.2, 0) is 4.79 Å². The summed E-state index contributed by atoms with van der Waals surface area (Å²) >= 11 is 1.48. The van der Waals surface area contributed by atoms with E-state index < -0.39 is 0 Å². The van der Waals surface area contributed by atoms with Crippen molar-refractivity contribution >= 4 is 22.2 Å². The Balaban J connectivity index is 1.91. The molecule has 114 valence electrons. The second-order valence-electron chi connectivity index (χ2n) is 5.59. The van der Waals surface area contributed by atoms with Crippen LogP contribution >= 0.6 is 11.3 Å². The monoisotopic (exact) mass is 306 g/mol. The zero-order valence-electron chi connectivity index (χ0n) is 12.8. The van der Waals surface area contributed by atoms with E-state index in [1.54, 1.807) is 0 Å². The van der Waals surface area contributed by atoms with Gasteiger partial charge in [0.15, 0.2) is 0 Å². The van der Waals surface area contributed by atoms with Gasteiger partial charge < -0.3 is 10.6 Å². The molecule has 0 spiro atoms. The van der Waals surface area contributed by atoms with E-state index in [4.69, 9.17) is 0 Å². The molecular weight excluding hydrogens is 284 g/mol. The second kappa shape index (κ2) is 7.03. The van der Waals surface area contributed by atoms with Gasteiger partial charge in [0, 0.05) is 11.4 Å². The Labute approximate surface area is 129 Å². The third kappa shape index (κ3) is 3.82. The highest BCUT2D eigenvalue weighted by atomic mass is 32.1. The molecule has 5 nitrogen and oxygen atoms in total. The molecule has 2 heterocycles. The van der Waals surface area contributed by atoms with Crippen LogP contribution in [0, 0.1) is 31.1 Å². The molecule has 1 unspecified atom stereocenters. The van der Waals surface area contributed by atoms with Crippen LogP contribution < -0.4 is 10.6 Å². The van der Waals surface area contributed by atoms with E-state index in [0.717, 1.165) is 36.5 Å². The number of hydrogen-bond acceptors (Lipinski definition) is 5. The van der Waals surface area contributed by atoms with Crippen LogP contribution in [0.15, 0.2) is 0 Å². The number of rotatable bonds is 5. The molecule has 6 heteroatoms. The molecule has 1 saturated heterocycles. The van der Waals surface area contributed by atoms with E-state index in [-0.39, 0.29) is 5.91 Å². The number of carbonyl (C=O) groups excluding carboxylic acids is 1. The molecule has 1 amide bonds. The Kier molecular flexibility index (Phi) is 5.34. The van der Waals surface area contributed by atoms with Crippen molar-refractivity contribution in [1.29, 1.82) is 5.26 Å². The normalized spacial score (nSPS) is 18.7. The summed E-state index contributed by atoms with van der Waals surface area (Å²) in [6.45, 7) is 7.22. The quantitative estimate of drug-likeness (QED) is 0.869. The Hall–Kier alpha value is -1.42. The summed E-state index contributed by atoms with van der Waals surface area (Å²) in [4.78, 5) is 15.4. The maximum absolute atomic E-state index is 12.2. The summed E-state index contributed by atoms with van der Waals surface area (Å²) in [6, 6.07) is 2.18. The highest BCUT2D eigenvalue weighted by Crippen LogP contribution is 2.31. The average molecular weight is 306 g/mol.